The van der Waals surface area contributed by atoms with Gasteiger partial charge in [-0.3, -0.25) is 9.97 Å². The standard InChI is InChI=1S/C47H50N6.C21H20ClN3.C2H6/c1-3-5-30-42-50-44-40(48-38-26-18-16-24-36(38)46(44)52(42)32-34-20-10-7-11-21-34)28-14-9-15-29-41-45-47(37-25-17-19-27-39(37)49-41)53(43(51-45)31-6-4-2)33-35-22-12-8-13-23-35;1-2-3-13-18-24-19-20(25(18)14-15-9-5-4-6-10-15)16-11-7-8-12-17(16)23-21(19)22;1-2/h7-8,10-13,16-27H,3-6,9,14-15,28-33H2,1-2H3;4-12H,2-3,13-14H2,1H3;1-2H3. The minimum Gasteiger partial charge on any atom is -0.323 e. The van der Waals surface area contributed by atoms with Crippen LogP contribution in [0, 0.1) is 0 Å². The van der Waals surface area contributed by atoms with Crippen LogP contribution in [0.15, 0.2) is 164 Å². The SMILES string of the molecule is CC.CCCCc1nc2c(CCCCCc3nc4ccccc4c4c3nc(CCCC)n4Cc3ccccc3)nc3ccccc3c2n1Cc1ccccc1.CCCCc1nc2c(Cl)nc3ccccc3c2n1Cc1ccccc1. The van der Waals surface area contributed by atoms with Gasteiger partial charge in [-0.1, -0.05) is 217 Å². The third-order valence-electron chi connectivity index (χ3n) is 15.2. The molecule has 0 spiro atoms. The molecule has 0 saturated heterocycles. The molecule has 0 fully saturated rings. The van der Waals surface area contributed by atoms with Crippen LogP contribution in [0.2, 0.25) is 5.15 Å². The highest BCUT2D eigenvalue weighted by Crippen LogP contribution is 2.34. The summed E-state index contributed by atoms with van der Waals surface area (Å²) in [6, 6.07) is 57.5. The average molecular weight is 1080 g/mol. The van der Waals surface area contributed by atoms with E-state index < -0.39 is 0 Å². The number of benzene rings is 6. The van der Waals surface area contributed by atoms with Crippen molar-refractivity contribution in [3.8, 4) is 0 Å². The van der Waals surface area contributed by atoms with Crippen molar-refractivity contribution >= 4 is 77.4 Å². The van der Waals surface area contributed by atoms with Gasteiger partial charge in [0.25, 0.3) is 0 Å². The van der Waals surface area contributed by atoms with E-state index in [0.29, 0.717) is 5.15 Å². The van der Waals surface area contributed by atoms with Gasteiger partial charge in [-0.2, -0.15) is 0 Å². The van der Waals surface area contributed by atoms with Crippen molar-refractivity contribution in [2.24, 2.45) is 0 Å². The number of rotatable bonds is 21. The minimum atomic E-state index is 0.485. The van der Waals surface area contributed by atoms with Gasteiger partial charge >= 0.3 is 0 Å². The Kier molecular flexibility index (Phi) is 18.7. The zero-order valence-corrected chi connectivity index (χ0v) is 48.3. The van der Waals surface area contributed by atoms with Crippen molar-refractivity contribution in [1.82, 2.24) is 43.6 Å². The molecule has 0 bridgehead atoms. The van der Waals surface area contributed by atoms with Crippen LogP contribution in [0.1, 0.15) is 138 Å². The lowest BCUT2D eigenvalue weighted by atomic mass is 10.0. The summed E-state index contributed by atoms with van der Waals surface area (Å²) in [6.45, 7) is 13.1. The predicted molar refractivity (Wildman–Crippen MR) is 335 cm³/mol. The Bertz CT molecular complexity index is 3780. The molecule has 0 atom stereocenters. The van der Waals surface area contributed by atoms with Crippen molar-refractivity contribution in [3.05, 3.63) is 214 Å². The van der Waals surface area contributed by atoms with Crippen LogP contribution < -0.4 is 0 Å². The van der Waals surface area contributed by atoms with Crippen LogP contribution in [0.5, 0.6) is 0 Å². The molecule has 12 rings (SSSR count). The minimum absolute atomic E-state index is 0.485. The third-order valence-corrected chi connectivity index (χ3v) is 15.5. The summed E-state index contributed by atoms with van der Waals surface area (Å²) in [6.07, 6.45) is 14.7. The van der Waals surface area contributed by atoms with Crippen LogP contribution in [0.4, 0.5) is 0 Å². The summed E-state index contributed by atoms with van der Waals surface area (Å²) in [5.41, 5.74) is 15.6. The molecule has 6 heterocycles. The number of hydrogen-bond donors (Lipinski definition) is 0. The normalized spacial score (nSPS) is 11.5. The Morgan fingerprint density at radius 3 is 1.00 bits per heavy atom. The Balaban J connectivity index is 0.000000222. The van der Waals surface area contributed by atoms with Gasteiger partial charge in [-0.25, -0.2) is 19.9 Å². The highest BCUT2D eigenvalue weighted by atomic mass is 35.5. The lowest BCUT2D eigenvalue weighted by molar-refractivity contribution is 0.669. The summed E-state index contributed by atoms with van der Waals surface area (Å²) >= 11 is 6.47. The van der Waals surface area contributed by atoms with E-state index in [0.717, 1.165) is 171 Å². The molecule has 0 aliphatic heterocycles. The van der Waals surface area contributed by atoms with E-state index >= 15 is 0 Å². The van der Waals surface area contributed by atoms with E-state index in [1.807, 2.05) is 38.1 Å². The smallest absolute Gasteiger partial charge is 0.157 e. The summed E-state index contributed by atoms with van der Waals surface area (Å²) in [5, 5.41) is 3.97. The van der Waals surface area contributed by atoms with E-state index in [4.69, 9.17) is 36.5 Å². The molecule has 0 amide bonds. The van der Waals surface area contributed by atoms with Crippen molar-refractivity contribution in [1.29, 1.82) is 0 Å². The summed E-state index contributed by atoms with van der Waals surface area (Å²) in [4.78, 5) is 30.6. The van der Waals surface area contributed by atoms with E-state index in [-0.39, 0.29) is 0 Å². The number of halogens is 1. The molecular formula is C70H76ClN9. The van der Waals surface area contributed by atoms with Gasteiger partial charge in [0.2, 0.25) is 0 Å². The van der Waals surface area contributed by atoms with Crippen LogP contribution in [-0.2, 0) is 51.7 Å². The molecule has 6 aromatic heterocycles. The lowest BCUT2D eigenvalue weighted by Crippen LogP contribution is -2.06. The fourth-order valence-electron chi connectivity index (χ4n) is 11.2. The molecule has 10 heteroatoms. The van der Waals surface area contributed by atoms with Gasteiger partial charge in [0, 0.05) is 55.1 Å². The number of hydrogen-bond acceptors (Lipinski definition) is 6. The summed E-state index contributed by atoms with van der Waals surface area (Å²) in [5.74, 6) is 3.42. The first kappa shape index (κ1) is 55.6. The van der Waals surface area contributed by atoms with E-state index in [1.165, 1.54) is 50.1 Å². The molecule has 0 radical (unpaired) electrons. The van der Waals surface area contributed by atoms with Crippen molar-refractivity contribution in [3.63, 3.8) is 0 Å². The maximum absolute atomic E-state index is 6.47. The fourth-order valence-corrected chi connectivity index (χ4v) is 11.5. The van der Waals surface area contributed by atoms with Crippen LogP contribution in [0.25, 0.3) is 65.8 Å². The monoisotopic (exact) mass is 1080 g/mol. The number of unbranched alkanes of at least 4 members (excludes halogenated alkanes) is 5. The first-order chi connectivity index (χ1) is 39.5. The molecular weight excluding hydrogens is 1000 g/mol. The molecule has 0 N–H and O–H groups in total. The van der Waals surface area contributed by atoms with Crippen LogP contribution in [0.3, 0.4) is 0 Å². The number of imidazole rings is 3. The number of pyridine rings is 3. The second kappa shape index (κ2) is 26.9. The molecule has 0 aliphatic carbocycles. The van der Waals surface area contributed by atoms with Crippen molar-refractivity contribution < 1.29 is 0 Å². The Labute approximate surface area is 477 Å². The second-order valence-electron chi connectivity index (χ2n) is 20.8. The molecule has 12 aromatic rings. The first-order valence-corrected chi connectivity index (χ1v) is 30.0. The Morgan fingerprint density at radius 1 is 0.325 bits per heavy atom. The zero-order valence-electron chi connectivity index (χ0n) is 47.5. The molecule has 0 saturated carbocycles. The predicted octanol–water partition coefficient (Wildman–Crippen LogP) is 17.9. The third kappa shape index (κ3) is 12.3. The number of para-hydroxylation sites is 3. The molecule has 408 valence electrons. The van der Waals surface area contributed by atoms with Gasteiger partial charge in [-0.05, 0) is 79.8 Å². The van der Waals surface area contributed by atoms with E-state index in [1.54, 1.807) is 0 Å². The van der Waals surface area contributed by atoms with Gasteiger partial charge in [-0.15, -0.1) is 0 Å². The topological polar surface area (TPSA) is 92.1 Å². The van der Waals surface area contributed by atoms with Gasteiger partial charge in [0.1, 0.15) is 34.0 Å². The maximum atomic E-state index is 6.47. The molecule has 80 heavy (non-hydrogen) atoms. The molecule has 0 aliphatic rings. The van der Waals surface area contributed by atoms with Crippen molar-refractivity contribution in [2.45, 2.75) is 144 Å². The second-order valence-corrected chi connectivity index (χ2v) is 21.2. The van der Waals surface area contributed by atoms with Crippen molar-refractivity contribution in [2.75, 3.05) is 0 Å². The summed E-state index contributed by atoms with van der Waals surface area (Å²) < 4.78 is 7.25. The number of aryl methyl sites for hydroxylation is 5. The molecule has 0 unspecified atom stereocenters. The van der Waals surface area contributed by atoms with Crippen LogP contribution >= 0.6 is 11.6 Å². The average Bonchev–Trinajstić information content (AvgIpc) is 4.21. The van der Waals surface area contributed by atoms with Gasteiger partial charge < -0.3 is 13.7 Å². The van der Waals surface area contributed by atoms with E-state index in [9.17, 15) is 0 Å². The van der Waals surface area contributed by atoms with Gasteiger partial charge in [0.05, 0.1) is 44.5 Å². The highest BCUT2D eigenvalue weighted by molar-refractivity contribution is 6.35. The first-order valence-electron chi connectivity index (χ1n) is 29.6. The quantitative estimate of drug-likeness (QED) is 0.0526. The van der Waals surface area contributed by atoms with Crippen LogP contribution in [-0.4, -0.2) is 43.6 Å². The Hall–Kier alpha value is -7.75. The fraction of sp³-hybridized carbons (Fsp3) is 0.314. The number of fused-ring (bicyclic) bond motifs is 9. The van der Waals surface area contributed by atoms with Gasteiger partial charge in [0.15, 0.2) is 5.15 Å². The maximum Gasteiger partial charge on any atom is 0.157 e. The van der Waals surface area contributed by atoms with E-state index in [2.05, 4.69) is 179 Å². The Morgan fingerprint density at radius 2 is 0.637 bits per heavy atom. The number of aromatic nitrogens is 9. The lowest BCUT2D eigenvalue weighted by Gasteiger charge is -2.12. The highest BCUT2D eigenvalue weighted by Gasteiger charge is 2.22. The molecule has 9 nitrogen and oxygen atoms in total. The zero-order chi connectivity index (χ0) is 55.2. The molecule has 6 aromatic carbocycles. The largest absolute Gasteiger partial charge is 0.323 e. The number of nitrogens with zero attached hydrogens (tertiary/aromatic N) is 9. The summed E-state index contributed by atoms with van der Waals surface area (Å²) in [7, 11) is 0.